The number of anilines is 1. The molecule has 3 aromatic rings. The zero-order valence-corrected chi connectivity index (χ0v) is 34.0. The third kappa shape index (κ3) is 4.80. The minimum atomic E-state index is -2.27. The molecule has 9 atom stereocenters. The first-order chi connectivity index (χ1) is 27.4. The Kier molecular flexibility index (Phi) is 8.77. The molecule has 2 bridgehead atoms. The minimum Gasteiger partial charge on any atom is -0.496 e. The van der Waals surface area contributed by atoms with Gasteiger partial charge in [0.1, 0.15) is 11.2 Å². The molecule has 302 valence electrons. The van der Waals surface area contributed by atoms with Crippen molar-refractivity contribution in [2.75, 3.05) is 59.5 Å². The van der Waals surface area contributed by atoms with Crippen LogP contribution in [-0.4, -0.2) is 116 Å². The summed E-state index contributed by atoms with van der Waals surface area (Å²) in [6, 6.07) is 11.2. The van der Waals surface area contributed by atoms with Crippen LogP contribution < -0.4 is 9.64 Å². The molecule has 12 heteroatoms. The summed E-state index contributed by atoms with van der Waals surface area (Å²) < 4.78 is 23.9. The number of H-pyrrole nitrogens is 1. The number of hydrogen-bond donors (Lipinski definition) is 2. The van der Waals surface area contributed by atoms with E-state index in [9.17, 15) is 14.7 Å². The van der Waals surface area contributed by atoms with Crippen molar-refractivity contribution in [3.05, 3.63) is 82.6 Å². The number of rotatable bonds is 7. The van der Waals surface area contributed by atoms with Gasteiger partial charge in [0, 0.05) is 90.9 Å². The summed E-state index contributed by atoms with van der Waals surface area (Å²) in [5, 5.41) is 14.4. The maximum absolute atomic E-state index is 15.2. The van der Waals surface area contributed by atoms with Gasteiger partial charge in [0.25, 0.3) is 0 Å². The smallest absolute Gasteiger partial charge is 0.344 e. The van der Waals surface area contributed by atoms with E-state index in [4.69, 9.17) is 18.9 Å². The van der Waals surface area contributed by atoms with Crippen LogP contribution in [0, 0.1) is 11.3 Å². The largest absolute Gasteiger partial charge is 0.496 e. The molecule has 1 saturated heterocycles. The van der Waals surface area contributed by atoms with Gasteiger partial charge in [-0.05, 0) is 61.4 Å². The number of nitrogens with one attached hydrogen (secondary N) is 1. The molecule has 2 unspecified atom stereocenters. The number of methoxy groups -OCH3 is 3. The molecular formula is C45H54N4O8. The molecule has 1 saturated carbocycles. The van der Waals surface area contributed by atoms with E-state index in [-0.39, 0.29) is 17.9 Å². The SMILES string of the molecule is CCC1=C[C@@H]2CN(C1)Cc1c([nH]c3ccccc13)[C@](C(=O)OC)(c1cc3c(cc1OC)N(C)C1[C@]34CCN3CC=C[C@@](CC)([C@@H](OC(C)=O)[C@]1(O)C(=O)OC)[C@H]34)C2. The fraction of sp³-hybridized carbons (Fsp3) is 0.533. The molecule has 5 aliphatic heterocycles. The standard InChI is InChI=1S/C45H54N4O8/c1-8-27-19-28-22-44(40(51)55-6,36-30(25-48(23-27)24-28)29-13-10-11-14-33(29)46-36)32-20-31-34(21-35(32)54-5)47(4)38-43(31)16-18-49-17-12-15-42(9-2,37(43)49)39(57-26(3)50)45(38,53)41(52)56-7/h10-15,19-21,28,37-39,46,53H,8-9,16-18,22-25H2,1-7H3/t28-,37-,38?,39+,42+,43+,44+,45-/m0/s1. The number of fused-ring (bicyclic) bond motifs is 6. The Morgan fingerprint density at radius 3 is 2.47 bits per heavy atom. The van der Waals surface area contributed by atoms with Crippen LogP contribution >= 0.6 is 0 Å². The molecule has 1 spiro atoms. The molecule has 9 rings (SSSR count). The average Bonchev–Trinajstić information content (AvgIpc) is 3.87. The molecule has 1 aliphatic carbocycles. The van der Waals surface area contributed by atoms with Crippen molar-refractivity contribution in [2.45, 2.75) is 87.6 Å². The summed E-state index contributed by atoms with van der Waals surface area (Å²) in [6.45, 7) is 9.19. The van der Waals surface area contributed by atoms with E-state index in [1.165, 1.54) is 26.7 Å². The predicted molar refractivity (Wildman–Crippen MR) is 214 cm³/mol. The van der Waals surface area contributed by atoms with Gasteiger partial charge in [-0.2, -0.15) is 0 Å². The highest BCUT2D eigenvalue weighted by Crippen LogP contribution is 2.68. The van der Waals surface area contributed by atoms with E-state index in [1.54, 1.807) is 7.11 Å². The second kappa shape index (κ2) is 13.2. The zero-order chi connectivity index (χ0) is 40.2. The van der Waals surface area contributed by atoms with Gasteiger partial charge in [-0.1, -0.05) is 55.8 Å². The first-order valence-corrected chi connectivity index (χ1v) is 20.3. The summed E-state index contributed by atoms with van der Waals surface area (Å²) in [6.07, 6.45) is 7.67. The number of benzene rings is 2. The van der Waals surface area contributed by atoms with Crippen molar-refractivity contribution < 1.29 is 38.4 Å². The topological polar surface area (TPSA) is 134 Å². The normalized spacial score (nSPS) is 34.9. The third-order valence-electron chi connectivity index (χ3n) is 14.8. The number of hydrogen-bond acceptors (Lipinski definition) is 11. The van der Waals surface area contributed by atoms with Crippen LogP contribution in [-0.2, 0) is 46.0 Å². The molecule has 1 aromatic heterocycles. The van der Waals surface area contributed by atoms with Crippen molar-refractivity contribution in [1.29, 1.82) is 0 Å². The molecule has 0 radical (unpaired) electrons. The van der Waals surface area contributed by atoms with Crippen molar-refractivity contribution in [2.24, 2.45) is 11.3 Å². The summed E-state index contributed by atoms with van der Waals surface area (Å²) in [5.41, 5.74) is 1.05. The number of ether oxygens (including phenoxy) is 4. The van der Waals surface area contributed by atoms with Crippen molar-refractivity contribution in [3.63, 3.8) is 0 Å². The maximum atomic E-state index is 15.2. The Morgan fingerprint density at radius 1 is 1.00 bits per heavy atom. The van der Waals surface area contributed by atoms with Gasteiger partial charge in [-0.3, -0.25) is 19.4 Å². The number of aliphatic hydroxyl groups is 1. The molecule has 2 aromatic carbocycles. The molecule has 2 N–H and O–H groups in total. The fourth-order valence-corrected chi connectivity index (χ4v) is 12.8. The highest BCUT2D eigenvalue weighted by atomic mass is 16.6. The lowest BCUT2D eigenvalue weighted by molar-refractivity contribution is -0.228. The summed E-state index contributed by atoms with van der Waals surface area (Å²) in [4.78, 5) is 53.1. The minimum absolute atomic E-state index is 0.0284. The summed E-state index contributed by atoms with van der Waals surface area (Å²) in [5.74, 6) is -1.31. The number of nitrogens with zero attached hydrogens (tertiary/aromatic N) is 3. The van der Waals surface area contributed by atoms with Crippen LogP contribution in [0.5, 0.6) is 5.75 Å². The van der Waals surface area contributed by atoms with Gasteiger partial charge in [0.2, 0.25) is 5.60 Å². The molecule has 0 amide bonds. The third-order valence-corrected chi connectivity index (χ3v) is 14.8. The van der Waals surface area contributed by atoms with E-state index in [2.05, 4.69) is 58.1 Å². The van der Waals surface area contributed by atoms with E-state index in [0.717, 1.165) is 52.9 Å². The van der Waals surface area contributed by atoms with Crippen LogP contribution in [0.4, 0.5) is 5.69 Å². The predicted octanol–water partition coefficient (Wildman–Crippen LogP) is 4.75. The van der Waals surface area contributed by atoms with Crippen LogP contribution in [0.2, 0.25) is 0 Å². The van der Waals surface area contributed by atoms with Crippen LogP contribution in [0.3, 0.4) is 0 Å². The highest BCUT2D eigenvalue weighted by molar-refractivity contribution is 5.95. The van der Waals surface area contributed by atoms with Crippen LogP contribution in [0.25, 0.3) is 10.9 Å². The Bertz CT molecular complexity index is 2250. The van der Waals surface area contributed by atoms with E-state index >= 15 is 4.79 Å². The number of aromatic amines is 1. The Balaban J connectivity index is 1.37. The van der Waals surface area contributed by atoms with Crippen molar-refractivity contribution >= 4 is 34.5 Å². The van der Waals surface area contributed by atoms with Gasteiger partial charge < -0.3 is 33.9 Å². The summed E-state index contributed by atoms with van der Waals surface area (Å²) >= 11 is 0. The van der Waals surface area contributed by atoms with Crippen LogP contribution in [0.15, 0.2) is 60.2 Å². The quantitative estimate of drug-likeness (QED) is 0.196. The van der Waals surface area contributed by atoms with E-state index in [1.807, 2.05) is 37.1 Å². The van der Waals surface area contributed by atoms with E-state index < -0.39 is 45.9 Å². The first-order valence-electron chi connectivity index (χ1n) is 20.3. The second-order valence-electron chi connectivity index (χ2n) is 17.2. The lowest BCUT2D eigenvalue weighted by Crippen LogP contribution is -2.81. The van der Waals surface area contributed by atoms with E-state index in [0.29, 0.717) is 50.2 Å². The molecule has 2 fully saturated rings. The van der Waals surface area contributed by atoms with Gasteiger partial charge in [-0.15, -0.1) is 0 Å². The number of esters is 3. The lowest BCUT2D eigenvalue weighted by Gasteiger charge is -2.63. The van der Waals surface area contributed by atoms with Gasteiger partial charge in [0.15, 0.2) is 6.10 Å². The monoisotopic (exact) mass is 778 g/mol. The number of aromatic nitrogens is 1. The lowest BCUT2D eigenvalue weighted by atomic mass is 9.47. The molecule has 6 heterocycles. The van der Waals surface area contributed by atoms with Crippen molar-refractivity contribution in [1.82, 2.24) is 14.8 Å². The molecule has 6 aliphatic rings. The molecule has 57 heavy (non-hydrogen) atoms. The van der Waals surface area contributed by atoms with Crippen molar-refractivity contribution in [3.8, 4) is 5.75 Å². The first kappa shape index (κ1) is 37.9. The Labute approximate surface area is 333 Å². The molecular weight excluding hydrogens is 725 g/mol. The number of carbonyl (C=O) groups is 3. The zero-order valence-electron chi connectivity index (χ0n) is 34.0. The number of para-hydroxylation sites is 1. The number of carbonyl (C=O) groups excluding carboxylic acids is 3. The second-order valence-corrected chi connectivity index (χ2v) is 17.2. The molecule has 12 nitrogen and oxygen atoms in total. The Morgan fingerprint density at radius 2 is 1.77 bits per heavy atom. The number of likely N-dealkylation sites (N-methyl/N-ethyl adjacent to an activating group) is 1. The van der Waals surface area contributed by atoms with Crippen LogP contribution in [0.1, 0.15) is 68.8 Å². The van der Waals surface area contributed by atoms with Gasteiger partial charge in [-0.25, -0.2) is 4.79 Å². The van der Waals surface area contributed by atoms with Gasteiger partial charge in [0.05, 0.1) is 27.4 Å². The van der Waals surface area contributed by atoms with Gasteiger partial charge >= 0.3 is 17.9 Å². The highest BCUT2D eigenvalue weighted by Gasteiger charge is 2.80. The Hall–Kier alpha value is -4.65. The maximum Gasteiger partial charge on any atom is 0.344 e. The summed E-state index contributed by atoms with van der Waals surface area (Å²) in [7, 11) is 6.22. The fourth-order valence-electron chi connectivity index (χ4n) is 12.8. The average molecular weight is 779 g/mol.